The van der Waals surface area contributed by atoms with Gasteiger partial charge in [0, 0.05) is 17.3 Å². The van der Waals surface area contributed by atoms with E-state index in [0.29, 0.717) is 5.69 Å². The highest BCUT2D eigenvalue weighted by atomic mass is 16.5. The molecule has 0 bridgehead atoms. The van der Waals surface area contributed by atoms with Crippen molar-refractivity contribution >= 4 is 17.5 Å². The smallest absolute Gasteiger partial charge is 0.290 e. The fraction of sp³-hybridized carbons (Fsp3) is 0.190. The topological polar surface area (TPSA) is 84.2 Å². The molecule has 3 aromatic rings. The van der Waals surface area contributed by atoms with Crippen LogP contribution in [0.4, 0.5) is 5.69 Å². The van der Waals surface area contributed by atoms with E-state index >= 15 is 0 Å². The number of benzene rings is 2. The fourth-order valence-electron chi connectivity index (χ4n) is 2.69. The first kappa shape index (κ1) is 18.4. The van der Waals surface area contributed by atoms with Crippen molar-refractivity contribution in [3.8, 4) is 11.3 Å². The van der Waals surface area contributed by atoms with Crippen LogP contribution in [0.15, 0.2) is 53.1 Å². The minimum atomic E-state index is -0.488. The second-order valence-electron chi connectivity index (χ2n) is 6.44. The maximum absolute atomic E-state index is 12.2. The van der Waals surface area contributed by atoms with E-state index in [4.69, 9.17) is 4.52 Å². The first-order chi connectivity index (χ1) is 12.9. The van der Waals surface area contributed by atoms with Crippen molar-refractivity contribution in [3.05, 3.63) is 71.0 Å². The molecule has 0 unspecified atom stereocenters. The van der Waals surface area contributed by atoms with E-state index < -0.39 is 5.91 Å². The Bertz CT molecular complexity index is 954. The number of hydrogen-bond acceptors (Lipinski definition) is 4. The van der Waals surface area contributed by atoms with Gasteiger partial charge < -0.3 is 15.2 Å². The Hall–Kier alpha value is -3.41. The van der Waals surface area contributed by atoms with Gasteiger partial charge in [0.25, 0.3) is 5.91 Å². The van der Waals surface area contributed by atoms with Crippen LogP contribution in [0.1, 0.15) is 27.2 Å². The number of aryl methyl sites for hydroxylation is 3. The van der Waals surface area contributed by atoms with Gasteiger partial charge in [-0.2, -0.15) is 0 Å². The number of anilines is 1. The van der Waals surface area contributed by atoms with E-state index in [1.807, 2.05) is 63.2 Å². The summed E-state index contributed by atoms with van der Waals surface area (Å²) in [5, 5.41) is 9.29. The number of aromatic nitrogens is 1. The first-order valence-corrected chi connectivity index (χ1v) is 8.62. The lowest BCUT2D eigenvalue weighted by Crippen LogP contribution is -2.33. The first-order valence-electron chi connectivity index (χ1n) is 8.62. The summed E-state index contributed by atoms with van der Waals surface area (Å²) in [5.41, 5.74) is 5.25. The van der Waals surface area contributed by atoms with Crippen LogP contribution < -0.4 is 10.6 Å². The summed E-state index contributed by atoms with van der Waals surface area (Å²) in [6.07, 6.45) is 0. The average Bonchev–Trinajstić information content (AvgIpc) is 3.14. The Labute approximate surface area is 157 Å². The predicted octanol–water partition coefficient (Wildman–Crippen LogP) is 3.64. The molecule has 0 aliphatic rings. The summed E-state index contributed by atoms with van der Waals surface area (Å²) in [4.78, 5) is 24.3. The van der Waals surface area contributed by atoms with Crippen LogP contribution in [0.5, 0.6) is 0 Å². The minimum absolute atomic E-state index is 0.0606. The highest BCUT2D eigenvalue weighted by Gasteiger charge is 2.15. The van der Waals surface area contributed by atoms with Crippen LogP contribution in [0, 0.1) is 20.8 Å². The van der Waals surface area contributed by atoms with Crippen LogP contribution in [-0.2, 0) is 4.79 Å². The summed E-state index contributed by atoms with van der Waals surface area (Å²) in [5.74, 6) is -0.734. The lowest BCUT2D eigenvalue weighted by atomic mass is 10.1. The zero-order chi connectivity index (χ0) is 19.4. The molecule has 1 heterocycles. The summed E-state index contributed by atoms with van der Waals surface area (Å²) >= 11 is 0. The summed E-state index contributed by atoms with van der Waals surface area (Å²) in [7, 11) is 0. The van der Waals surface area contributed by atoms with Crippen molar-refractivity contribution < 1.29 is 14.1 Å². The van der Waals surface area contributed by atoms with E-state index in [0.717, 1.165) is 27.9 Å². The van der Waals surface area contributed by atoms with Crippen molar-refractivity contribution in [1.29, 1.82) is 0 Å². The van der Waals surface area contributed by atoms with Gasteiger partial charge in [0.05, 0.1) is 6.54 Å². The van der Waals surface area contributed by atoms with Gasteiger partial charge in [-0.25, -0.2) is 0 Å². The monoisotopic (exact) mass is 363 g/mol. The van der Waals surface area contributed by atoms with Gasteiger partial charge in [-0.15, -0.1) is 0 Å². The van der Waals surface area contributed by atoms with E-state index in [9.17, 15) is 9.59 Å². The second-order valence-corrected chi connectivity index (χ2v) is 6.44. The van der Waals surface area contributed by atoms with Crippen LogP contribution in [0.2, 0.25) is 0 Å². The molecule has 0 aliphatic carbocycles. The number of rotatable bonds is 5. The molecule has 0 saturated carbocycles. The summed E-state index contributed by atoms with van der Waals surface area (Å²) < 4.78 is 5.11. The Kier molecular flexibility index (Phi) is 5.35. The van der Waals surface area contributed by atoms with Gasteiger partial charge in [0.15, 0.2) is 0 Å². The fourth-order valence-corrected chi connectivity index (χ4v) is 2.69. The average molecular weight is 363 g/mol. The van der Waals surface area contributed by atoms with Crippen LogP contribution in [0.3, 0.4) is 0 Å². The van der Waals surface area contributed by atoms with Crippen LogP contribution in [0.25, 0.3) is 11.3 Å². The van der Waals surface area contributed by atoms with E-state index in [1.165, 1.54) is 0 Å². The highest BCUT2D eigenvalue weighted by molar-refractivity contribution is 5.99. The molecular formula is C21H21N3O3. The van der Waals surface area contributed by atoms with Crippen molar-refractivity contribution in [1.82, 2.24) is 10.5 Å². The third-order valence-electron chi connectivity index (χ3n) is 4.24. The minimum Gasteiger partial charge on any atom is -0.350 e. The number of hydrogen-bond donors (Lipinski definition) is 2. The van der Waals surface area contributed by atoms with Gasteiger partial charge >= 0.3 is 0 Å². The zero-order valence-corrected chi connectivity index (χ0v) is 15.5. The van der Waals surface area contributed by atoms with Gasteiger partial charge in [0.1, 0.15) is 5.69 Å². The largest absolute Gasteiger partial charge is 0.350 e. The Balaban J connectivity index is 1.59. The van der Waals surface area contributed by atoms with Gasteiger partial charge in [0.2, 0.25) is 11.7 Å². The highest BCUT2D eigenvalue weighted by Crippen LogP contribution is 2.20. The normalized spacial score (nSPS) is 10.5. The standard InChI is InChI=1S/C21H21N3O3/c1-13-7-9-16(10-8-13)17-11-18(27-24-17)21(26)22-12-19(25)23-20-14(2)5-4-6-15(20)3/h4-11H,12H2,1-3H3,(H,22,26)(H,23,25). The molecule has 0 radical (unpaired) electrons. The molecular weight excluding hydrogens is 342 g/mol. The molecule has 0 aliphatic heterocycles. The van der Waals surface area contributed by atoms with Gasteiger partial charge in [-0.1, -0.05) is 53.2 Å². The molecule has 27 heavy (non-hydrogen) atoms. The molecule has 6 nitrogen and oxygen atoms in total. The third-order valence-corrected chi connectivity index (χ3v) is 4.24. The molecule has 2 aromatic carbocycles. The maximum atomic E-state index is 12.2. The van der Waals surface area contributed by atoms with Crippen LogP contribution in [-0.4, -0.2) is 23.5 Å². The Morgan fingerprint density at radius 2 is 1.67 bits per heavy atom. The predicted molar refractivity (Wildman–Crippen MR) is 104 cm³/mol. The molecule has 1 aromatic heterocycles. The molecule has 0 spiro atoms. The molecule has 0 saturated heterocycles. The van der Waals surface area contributed by atoms with Crippen molar-refractivity contribution in [2.75, 3.05) is 11.9 Å². The van der Waals surface area contributed by atoms with Crippen molar-refractivity contribution in [2.24, 2.45) is 0 Å². The number of para-hydroxylation sites is 1. The molecule has 2 N–H and O–H groups in total. The Morgan fingerprint density at radius 1 is 1.00 bits per heavy atom. The number of carbonyl (C=O) groups is 2. The lowest BCUT2D eigenvalue weighted by molar-refractivity contribution is -0.115. The van der Waals surface area contributed by atoms with Crippen molar-refractivity contribution in [2.45, 2.75) is 20.8 Å². The maximum Gasteiger partial charge on any atom is 0.290 e. The quantitative estimate of drug-likeness (QED) is 0.725. The van der Waals surface area contributed by atoms with Crippen LogP contribution >= 0.6 is 0 Å². The molecule has 2 amide bonds. The van der Waals surface area contributed by atoms with Gasteiger partial charge in [-0.3, -0.25) is 9.59 Å². The van der Waals surface area contributed by atoms with E-state index in [1.54, 1.807) is 6.07 Å². The van der Waals surface area contributed by atoms with E-state index in [-0.39, 0.29) is 18.2 Å². The molecule has 0 atom stereocenters. The zero-order valence-electron chi connectivity index (χ0n) is 15.5. The lowest BCUT2D eigenvalue weighted by Gasteiger charge is -2.11. The molecule has 138 valence electrons. The summed E-state index contributed by atoms with van der Waals surface area (Å²) in [6, 6.07) is 15.1. The SMILES string of the molecule is Cc1ccc(-c2cc(C(=O)NCC(=O)Nc3c(C)cccc3C)on2)cc1. The molecule has 6 heteroatoms. The van der Waals surface area contributed by atoms with E-state index in [2.05, 4.69) is 15.8 Å². The van der Waals surface area contributed by atoms with Crippen molar-refractivity contribution in [3.63, 3.8) is 0 Å². The second kappa shape index (κ2) is 7.86. The number of nitrogens with zero attached hydrogens (tertiary/aromatic N) is 1. The number of nitrogens with one attached hydrogen (secondary N) is 2. The number of amides is 2. The Morgan fingerprint density at radius 3 is 2.33 bits per heavy atom. The number of carbonyl (C=O) groups excluding carboxylic acids is 2. The summed E-state index contributed by atoms with van der Waals surface area (Å²) in [6.45, 7) is 5.67. The molecule has 0 fully saturated rings. The third kappa shape index (κ3) is 4.41. The van der Waals surface area contributed by atoms with Gasteiger partial charge in [-0.05, 0) is 31.9 Å². The molecule has 3 rings (SSSR count).